The van der Waals surface area contributed by atoms with Crippen LogP contribution in [0, 0.1) is 5.92 Å². The summed E-state index contributed by atoms with van der Waals surface area (Å²) in [4.78, 5) is 23.4. The summed E-state index contributed by atoms with van der Waals surface area (Å²) in [5, 5.41) is 12.0. The van der Waals surface area contributed by atoms with Crippen molar-refractivity contribution < 1.29 is 14.7 Å². The summed E-state index contributed by atoms with van der Waals surface area (Å²) in [6.45, 7) is 0. The van der Waals surface area contributed by atoms with Gasteiger partial charge < -0.3 is 10.4 Å². The van der Waals surface area contributed by atoms with Crippen LogP contribution >= 0.6 is 0 Å². The van der Waals surface area contributed by atoms with Gasteiger partial charge in [-0.25, -0.2) is 0 Å². The summed E-state index contributed by atoms with van der Waals surface area (Å²) in [7, 11) is 0. The van der Waals surface area contributed by atoms with Crippen molar-refractivity contribution in [3.05, 3.63) is 47.5 Å². The molecule has 2 aliphatic carbocycles. The molecule has 0 heterocycles. The van der Waals surface area contributed by atoms with Gasteiger partial charge in [-0.05, 0) is 36.8 Å². The van der Waals surface area contributed by atoms with Crippen LogP contribution in [-0.2, 0) is 16.0 Å². The van der Waals surface area contributed by atoms with Crippen molar-refractivity contribution in [2.24, 2.45) is 5.92 Å². The second-order valence-corrected chi connectivity index (χ2v) is 5.82. The highest BCUT2D eigenvalue weighted by Gasteiger charge is 2.30. The number of hydrogen-bond acceptors (Lipinski definition) is 2. The Morgan fingerprint density at radius 1 is 1.19 bits per heavy atom. The lowest BCUT2D eigenvalue weighted by Crippen LogP contribution is -2.37. The zero-order valence-electron chi connectivity index (χ0n) is 11.8. The molecule has 0 aliphatic heterocycles. The first-order valence-corrected chi connectivity index (χ1v) is 7.44. The monoisotopic (exact) mass is 285 g/mol. The van der Waals surface area contributed by atoms with Gasteiger partial charge in [-0.15, -0.1) is 0 Å². The maximum absolute atomic E-state index is 12.5. The number of nitrogens with one attached hydrogen (secondary N) is 1. The fourth-order valence-electron chi connectivity index (χ4n) is 3.30. The maximum atomic E-state index is 12.5. The van der Waals surface area contributed by atoms with Crippen molar-refractivity contribution >= 4 is 11.9 Å². The molecule has 4 nitrogen and oxygen atoms in total. The van der Waals surface area contributed by atoms with E-state index in [-0.39, 0.29) is 17.9 Å². The van der Waals surface area contributed by atoms with Crippen LogP contribution in [0.4, 0.5) is 0 Å². The van der Waals surface area contributed by atoms with Gasteiger partial charge in [0.1, 0.15) is 0 Å². The van der Waals surface area contributed by atoms with E-state index in [9.17, 15) is 9.59 Å². The predicted octanol–water partition coefficient (Wildman–Crippen LogP) is 2.25. The minimum absolute atomic E-state index is 0.0165. The Hall–Kier alpha value is -2.10. The molecular weight excluding hydrogens is 266 g/mol. The van der Waals surface area contributed by atoms with E-state index in [0.29, 0.717) is 6.42 Å². The topological polar surface area (TPSA) is 66.4 Å². The van der Waals surface area contributed by atoms with Gasteiger partial charge in [0.2, 0.25) is 5.91 Å². The number of aryl methyl sites for hydroxylation is 1. The first-order valence-electron chi connectivity index (χ1n) is 7.44. The fraction of sp³-hybridized carbons (Fsp3) is 0.412. The van der Waals surface area contributed by atoms with Gasteiger partial charge in [0, 0.05) is 6.04 Å². The number of carboxylic acids is 1. The SMILES string of the molecule is O=C(O)C1C=CC(NC(=O)C2CCCc3ccccc32)C1. The van der Waals surface area contributed by atoms with Crippen LogP contribution in [0.25, 0.3) is 0 Å². The number of aliphatic carboxylic acids is 1. The van der Waals surface area contributed by atoms with Crippen molar-refractivity contribution in [2.45, 2.75) is 37.6 Å². The lowest BCUT2D eigenvalue weighted by molar-refractivity contribution is -0.140. The third-order valence-corrected chi connectivity index (χ3v) is 4.41. The fourth-order valence-corrected chi connectivity index (χ4v) is 3.30. The van der Waals surface area contributed by atoms with Gasteiger partial charge in [-0.1, -0.05) is 36.4 Å². The van der Waals surface area contributed by atoms with Gasteiger partial charge in [0.25, 0.3) is 0 Å². The Labute approximate surface area is 123 Å². The molecule has 110 valence electrons. The average molecular weight is 285 g/mol. The van der Waals surface area contributed by atoms with Gasteiger partial charge in [0.05, 0.1) is 11.8 Å². The van der Waals surface area contributed by atoms with Gasteiger partial charge in [-0.2, -0.15) is 0 Å². The number of rotatable bonds is 3. The molecule has 2 N–H and O–H groups in total. The molecule has 1 amide bonds. The van der Waals surface area contributed by atoms with E-state index in [4.69, 9.17) is 5.11 Å². The lowest BCUT2D eigenvalue weighted by Gasteiger charge is -2.26. The molecule has 0 saturated heterocycles. The molecule has 3 atom stereocenters. The van der Waals surface area contributed by atoms with Gasteiger partial charge >= 0.3 is 5.97 Å². The van der Waals surface area contributed by atoms with Gasteiger partial charge in [-0.3, -0.25) is 9.59 Å². The molecule has 0 fully saturated rings. The largest absolute Gasteiger partial charge is 0.481 e. The van der Waals surface area contributed by atoms with E-state index in [1.807, 2.05) is 18.2 Å². The molecule has 0 aromatic heterocycles. The van der Waals surface area contributed by atoms with Crippen LogP contribution in [0.2, 0.25) is 0 Å². The normalized spacial score (nSPS) is 27.1. The number of carbonyl (C=O) groups is 2. The summed E-state index contributed by atoms with van der Waals surface area (Å²) in [5.41, 5.74) is 2.38. The van der Waals surface area contributed by atoms with E-state index >= 15 is 0 Å². The number of carbonyl (C=O) groups excluding carboxylic acids is 1. The number of carboxylic acid groups (broad SMARTS) is 1. The highest BCUT2D eigenvalue weighted by atomic mass is 16.4. The Morgan fingerprint density at radius 2 is 2.00 bits per heavy atom. The molecule has 0 saturated carbocycles. The van der Waals surface area contributed by atoms with Crippen LogP contribution in [0.3, 0.4) is 0 Å². The molecule has 21 heavy (non-hydrogen) atoms. The molecule has 3 rings (SSSR count). The van der Waals surface area contributed by atoms with E-state index < -0.39 is 11.9 Å². The first kappa shape index (κ1) is 13.9. The van der Waals surface area contributed by atoms with Crippen LogP contribution in [-0.4, -0.2) is 23.0 Å². The zero-order valence-corrected chi connectivity index (χ0v) is 11.8. The van der Waals surface area contributed by atoms with E-state index in [1.165, 1.54) is 5.56 Å². The standard InChI is InChI=1S/C17H19NO3/c19-16(18-13-9-8-12(10-13)17(20)21)15-7-3-5-11-4-1-2-6-14(11)15/h1-2,4,6,8-9,12-13,15H,3,5,7,10H2,(H,18,19)(H,20,21). The van der Waals surface area contributed by atoms with Crippen LogP contribution in [0.15, 0.2) is 36.4 Å². The number of fused-ring (bicyclic) bond motifs is 1. The first-order chi connectivity index (χ1) is 10.1. The highest BCUT2D eigenvalue weighted by molar-refractivity contribution is 5.85. The molecule has 2 aliphatic rings. The molecule has 0 bridgehead atoms. The van der Waals surface area contributed by atoms with Crippen molar-refractivity contribution in [1.82, 2.24) is 5.32 Å². The highest BCUT2D eigenvalue weighted by Crippen LogP contribution is 2.32. The van der Waals surface area contributed by atoms with Gasteiger partial charge in [0.15, 0.2) is 0 Å². The van der Waals surface area contributed by atoms with Crippen molar-refractivity contribution in [3.8, 4) is 0 Å². The minimum Gasteiger partial charge on any atom is -0.481 e. The second kappa shape index (κ2) is 5.72. The van der Waals surface area contributed by atoms with E-state index in [1.54, 1.807) is 12.2 Å². The van der Waals surface area contributed by atoms with Crippen LogP contribution in [0.1, 0.15) is 36.3 Å². The van der Waals surface area contributed by atoms with E-state index in [2.05, 4.69) is 11.4 Å². The van der Waals surface area contributed by atoms with Crippen molar-refractivity contribution in [1.29, 1.82) is 0 Å². The predicted molar refractivity (Wildman–Crippen MR) is 78.9 cm³/mol. The minimum atomic E-state index is -0.828. The molecule has 1 aromatic carbocycles. The Balaban J connectivity index is 1.68. The summed E-state index contributed by atoms with van der Waals surface area (Å²) in [6.07, 6.45) is 6.84. The summed E-state index contributed by atoms with van der Waals surface area (Å²) >= 11 is 0. The molecule has 4 heteroatoms. The third-order valence-electron chi connectivity index (χ3n) is 4.41. The third kappa shape index (κ3) is 2.84. The second-order valence-electron chi connectivity index (χ2n) is 5.82. The molecular formula is C17H19NO3. The van der Waals surface area contributed by atoms with Crippen molar-refractivity contribution in [2.75, 3.05) is 0 Å². The number of amides is 1. The lowest BCUT2D eigenvalue weighted by atomic mass is 9.82. The Kier molecular flexibility index (Phi) is 3.78. The summed E-state index contributed by atoms with van der Waals surface area (Å²) < 4.78 is 0. The Bertz CT molecular complexity index is 593. The number of hydrogen-bond donors (Lipinski definition) is 2. The van der Waals surface area contributed by atoms with Crippen LogP contribution in [0.5, 0.6) is 0 Å². The Morgan fingerprint density at radius 3 is 2.76 bits per heavy atom. The molecule has 0 spiro atoms. The molecule has 0 radical (unpaired) electrons. The maximum Gasteiger partial charge on any atom is 0.310 e. The van der Waals surface area contributed by atoms with E-state index in [0.717, 1.165) is 24.8 Å². The zero-order chi connectivity index (χ0) is 14.8. The summed E-state index contributed by atoms with van der Waals surface area (Å²) in [6, 6.07) is 7.94. The average Bonchev–Trinajstić information content (AvgIpc) is 2.95. The smallest absolute Gasteiger partial charge is 0.310 e. The van der Waals surface area contributed by atoms with Crippen molar-refractivity contribution in [3.63, 3.8) is 0 Å². The number of benzene rings is 1. The molecule has 1 aromatic rings. The molecule has 3 unspecified atom stereocenters. The van der Waals surface area contributed by atoms with Crippen LogP contribution < -0.4 is 5.32 Å². The quantitative estimate of drug-likeness (QED) is 0.837. The summed E-state index contributed by atoms with van der Waals surface area (Å²) in [5.74, 6) is -1.39.